The van der Waals surface area contributed by atoms with Crippen LogP contribution in [0, 0.1) is 5.92 Å². The second kappa shape index (κ2) is 6.76. The molecule has 20 heavy (non-hydrogen) atoms. The lowest BCUT2D eigenvalue weighted by Crippen LogP contribution is -2.33. The van der Waals surface area contributed by atoms with E-state index in [0.29, 0.717) is 22.0 Å². The van der Waals surface area contributed by atoms with Crippen LogP contribution in [0.3, 0.4) is 0 Å². The number of nitrogens with one attached hydrogen (secondary N) is 1. The first-order valence-electron chi connectivity index (χ1n) is 6.63. The molecule has 3 atom stereocenters. The minimum Gasteiger partial charge on any atom is -0.387 e. The van der Waals surface area contributed by atoms with Crippen molar-refractivity contribution in [1.82, 2.24) is 5.32 Å². The summed E-state index contributed by atoms with van der Waals surface area (Å²) in [5.74, 6) is -0.0972. The van der Waals surface area contributed by atoms with Gasteiger partial charge >= 0.3 is 0 Å². The highest BCUT2D eigenvalue weighted by Crippen LogP contribution is 2.27. The van der Waals surface area contributed by atoms with Gasteiger partial charge in [-0.2, -0.15) is 0 Å². The maximum Gasteiger partial charge on any atom is 0.223 e. The zero-order chi connectivity index (χ0) is 14.7. The van der Waals surface area contributed by atoms with E-state index < -0.39 is 6.10 Å². The summed E-state index contributed by atoms with van der Waals surface area (Å²) in [6, 6.07) is 5.00. The van der Waals surface area contributed by atoms with Crippen LogP contribution in [0.15, 0.2) is 18.2 Å². The SMILES string of the molecule is NC1CCC(C(=O)NCC(O)c2ccc(Cl)cc2Cl)C1. The molecule has 1 amide bonds. The number of hydrogen-bond acceptors (Lipinski definition) is 3. The second-order valence-corrected chi connectivity index (χ2v) is 6.04. The van der Waals surface area contributed by atoms with Crippen LogP contribution in [-0.4, -0.2) is 23.6 Å². The third-order valence-electron chi connectivity index (χ3n) is 3.64. The molecule has 4 nitrogen and oxygen atoms in total. The molecule has 1 aliphatic carbocycles. The van der Waals surface area contributed by atoms with E-state index in [4.69, 9.17) is 28.9 Å². The van der Waals surface area contributed by atoms with Crippen LogP contribution in [-0.2, 0) is 4.79 Å². The van der Waals surface area contributed by atoms with Gasteiger partial charge in [0.25, 0.3) is 0 Å². The molecule has 0 heterocycles. The quantitative estimate of drug-likeness (QED) is 0.797. The van der Waals surface area contributed by atoms with Gasteiger partial charge in [0, 0.05) is 34.1 Å². The molecule has 1 aromatic carbocycles. The van der Waals surface area contributed by atoms with E-state index in [1.165, 1.54) is 0 Å². The topological polar surface area (TPSA) is 75.4 Å². The summed E-state index contributed by atoms with van der Waals surface area (Å²) in [5, 5.41) is 13.7. The van der Waals surface area contributed by atoms with Gasteiger partial charge in [0.1, 0.15) is 0 Å². The van der Waals surface area contributed by atoms with E-state index in [2.05, 4.69) is 5.32 Å². The number of aliphatic hydroxyl groups excluding tert-OH is 1. The zero-order valence-corrected chi connectivity index (χ0v) is 12.5. The van der Waals surface area contributed by atoms with Crippen LogP contribution in [0.4, 0.5) is 0 Å². The van der Waals surface area contributed by atoms with Crippen LogP contribution >= 0.6 is 23.2 Å². The molecule has 1 aromatic rings. The summed E-state index contributed by atoms with van der Waals surface area (Å²) in [6.07, 6.45) is 1.55. The Bertz CT molecular complexity index is 496. The van der Waals surface area contributed by atoms with Crippen molar-refractivity contribution >= 4 is 29.1 Å². The molecule has 0 aliphatic heterocycles. The highest BCUT2D eigenvalue weighted by Gasteiger charge is 2.28. The van der Waals surface area contributed by atoms with Crippen molar-refractivity contribution in [3.8, 4) is 0 Å². The molecule has 4 N–H and O–H groups in total. The van der Waals surface area contributed by atoms with E-state index in [0.717, 1.165) is 12.8 Å². The van der Waals surface area contributed by atoms with E-state index in [1.807, 2.05) is 0 Å². The standard InChI is InChI=1S/C14H18Cl2N2O2/c15-9-2-4-11(12(16)6-9)13(19)7-18-14(20)8-1-3-10(17)5-8/h2,4,6,8,10,13,19H,1,3,5,7,17H2,(H,18,20). The number of benzene rings is 1. The lowest BCUT2D eigenvalue weighted by molar-refractivity contribution is -0.125. The van der Waals surface area contributed by atoms with Crippen molar-refractivity contribution in [2.24, 2.45) is 11.7 Å². The Morgan fingerprint density at radius 2 is 2.20 bits per heavy atom. The van der Waals surface area contributed by atoms with Crippen LogP contribution in [0.2, 0.25) is 10.0 Å². The fourth-order valence-electron chi connectivity index (χ4n) is 2.48. The van der Waals surface area contributed by atoms with Gasteiger partial charge in [-0.15, -0.1) is 0 Å². The number of hydrogen-bond donors (Lipinski definition) is 3. The fraction of sp³-hybridized carbons (Fsp3) is 0.500. The fourth-order valence-corrected chi connectivity index (χ4v) is 3.01. The number of aliphatic hydroxyl groups is 1. The Kier molecular flexibility index (Phi) is 5.27. The molecule has 1 aliphatic rings. The Morgan fingerprint density at radius 1 is 1.45 bits per heavy atom. The number of amides is 1. The Hall–Kier alpha value is -0.810. The molecular formula is C14H18Cl2N2O2. The van der Waals surface area contributed by atoms with Crippen LogP contribution < -0.4 is 11.1 Å². The summed E-state index contributed by atoms with van der Waals surface area (Å²) in [7, 11) is 0. The van der Waals surface area contributed by atoms with E-state index >= 15 is 0 Å². The minimum absolute atomic E-state index is 0.0436. The smallest absolute Gasteiger partial charge is 0.223 e. The summed E-state index contributed by atoms with van der Waals surface area (Å²) in [5.41, 5.74) is 6.34. The first-order chi connectivity index (χ1) is 9.47. The predicted octanol–water partition coefficient (Wildman–Crippen LogP) is 2.27. The molecule has 0 bridgehead atoms. The van der Waals surface area contributed by atoms with Crippen molar-refractivity contribution in [3.63, 3.8) is 0 Å². The van der Waals surface area contributed by atoms with Gasteiger partial charge in [-0.25, -0.2) is 0 Å². The monoisotopic (exact) mass is 316 g/mol. The molecule has 0 saturated heterocycles. The second-order valence-electron chi connectivity index (χ2n) is 5.20. The first-order valence-corrected chi connectivity index (χ1v) is 7.39. The van der Waals surface area contributed by atoms with Crippen LogP contribution in [0.1, 0.15) is 30.9 Å². The molecule has 0 spiro atoms. The third-order valence-corrected chi connectivity index (χ3v) is 4.20. The molecule has 0 radical (unpaired) electrons. The average Bonchev–Trinajstić information content (AvgIpc) is 2.82. The first kappa shape index (κ1) is 15.6. The van der Waals surface area contributed by atoms with Gasteiger partial charge in [-0.05, 0) is 31.4 Å². The van der Waals surface area contributed by atoms with Crippen molar-refractivity contribution in [3.05, 3.63) is 33.8 Å². The van der Waals surface area contributed by atoms with E-state index in [1.54, 1.807) is 18.2 Å². The van der Waals surface area contributed by atoms with Crippen molar-refractivity contribution in [1.29, 1.82) is 0 Å². The van der Waals surface area contributed by atoms with Gasteiger partial charge in [-0.1, -0.05) is 29.3 Å². The zero-order valence-electron chi connectivity index (χ0n) is 11.0. The largest absolute Gasteiger partial charge is 0.387 e. The number of rotatable bonds is 4. The van der Waals surface area contributed by atoms with Crippen molar-refractivity contribution < 1.29 is 9.90 Å². The number of carbonyl (C=O) groups excluding carboxylic acids is 1. The lowest BCUT2D eigenvalue weighted by Gasteiger charge is -2.16. The van der Waals surface area contributed by atoms with Gasteiger partial charge in [0.2, 0.25) is 5.91 Å². The maximum absolute atomic E-state index is 11.9. The van der Waals surface area contributed by atoms with Crippen molar-refractivity contribution in [2.75, 3.05) is 6.54 Å². The summed E-state index contributed by atoms with van der Waals surface area (Å²) >= 11 is 11.8. The third kappa shape index (κ3) is 3.85. The van der Waals surface area contributed by atoms with Gasteiger partial charge < -0.3 is 16.2 Å². The highest BCUT2D eigenvalue weighted by molar-refractivity contribution is 6.35. The van der Waals surface area contributed by atoms with Gasteiger partial charge in [0.05, 0.1) is 6.10 Å². The molecule has 3 unspecified atom stereocenters. The van der Waals surface area contributed by atoms with Gasteiger partial charge in [0.15, 0.2) is 0 Å². The number of halogens is 2. The molecule has 1 saturated carbocycles. The number of carbonyl (C=O) groups is 1. The molecule has 6 heteroatoms. The molecule has 1 fully saturated rings. The normalized spacial score (nSPS) is 23.6. The Morgan fingerprint density at radius 3 is 2.80 bits per heavy atom. The highest BCUT2D eigenvalue weighted by atomic mass is 35.5. The molecular weight excluding hydrogens is 299 g/mol. The summed E-state index contributed by atoms with van der Waals surface area (Å²) < 4.78 is 0. The maximum atomic E-state index is 11.9. The van der Waals surface area contributed by atoms with E-state index in [-0.39, 0.29) is 24.4 Å². The van der Waals surface area contributed by atoms with E-state index in [9.17, 15) is 9.90 Å². The van der Waals surface area contributed by atoms with Crippen LogP contribution in [0.25, 0.3) is 0 Å². The summed E-state index contributed by atoms with van der Waals surface area (Å²) in [4.78, 5) is 11.9. The molecule has 2 rings (SSSR count). The lowest BCUT2D eigenvalue weighted by atomic mass is 10.1. The molecule has 110 valence electrons. The number of nitrogens with two attached hydrogens (primary N) is 1. The molecule has 0 aromatic heterocycles. The summed E-state index contributed by atoms with van der Waals surface area (Å²) in [6.45, 7) is 0.131. The van der Waals surface area contributed by atoms with Crippen molar-refractivity contribution in [2.45, 2.75) is 31.4 Å². The Balaban J connectivity index is 1.88. The Labute approximate surface area is 128 Å². The average molecular weight is 317 g/mol. The predicted molar refractivity (Wildman–Crippen MR) is 79.7 cm³/mol. The van der Waals surface area contributed by atoms with Crippen LogP contribution in [0.5, 0.6) is 0 Å². The van der Waals surface area contributed by atoms with Gasteiger partial charge in [-0.3, -0.25) is 4.79 Å². The minimum atomic E-state index is -0.848.